The van der Waals surface area contributed by atoms with Crippen molar-refractivity contribution < 1.29 is 9.53 Å². The smallest absolute Gasteiger partial charge is 0.407 e. The average molecular weight is 360 g/mol. The second-order valence-electron chi connectivity index (χ2n) is 5.49. The first-order valence-corrected chi connectivity index (χ1v) is 8.27. The molecule has 0 spiro atoms. The van der Waals surface area contributed by atoms with Crippen molar-refractivity contribution in [1.29, 1.82) is 0 Å². The van der Waals surface area contributed by atoms with Gasteiger partial charge in [-0.1, -0.05) is 52.3 Å². The number of benzene rings is 2. The fourth-order valence-electron chi connectivity index (χ4n) is 2.84. The van der Waals surface area contributed by atoms with Gasteiger partial charge in [0.25, 0.3) is 0 Å². The molecule has 0 heterocycles. The van der Waals surface area contributed by atoms with E-state index in [1.54, 1.807) is 0 Å². The molecule has 1 unspecified atom stereocenters. The second kappa shape index (κ2) is 6.97. The molecule has 1 aliphatic rings. The molecule has 0 saturated carbocycles. The lowest BCUT2D eigenvalue weighted by atomic mass is 9.88. The molecule has 0 radical (unpaired) electrons. The number of fused-ring (bicyclic) bond motifs is 1. The van der Waals surface area contributed by atoms with E-state index in [9.17, 15) is 4.79 Å². The van der Waals surface area contributed by atoms with Crippen LogP contribution in [0.2, 0.25) is 0 Å². The highest BCUT2D eigenvalue weighted by Gasteiger charge is 2.22. The van der Waals surface area contributed by atoms with Crippen LogP contribution < -0.4 is 5.32 Å². The monoisotopic (exact) mass is 359 g/mol. The fraction of sp³-hybridized carbons (Fsp3) is 0.278. The summed E-state index contributed by atoms with van der Waals surface area (Å²) in [5.74, 6) is 0. The van der Waals surface area contributed by atoms with Crippen LogP contribution >= 0.6 is 15.9 Å². The molecule has 1 N–H and O–H groups in total. The summed E-state index contributed by atoms with van der Waals surface area (Å²) < 4.78 is 6.39. The Kier molecular flexibility index (Phi) is 4.78. The SMILES string of the molecule is O=C(NC1CCCc2cc(Br)ccc21)OCc1ccccc1. The van der Waals surface area contributed by atoms with Crippen molar-refractivity contribution in [2.75, 3.05) is 0 Å². The van der Waals surface area contributed by atoms with Gasteiger partial charge in [0.1, 0.15) is 6.61 Å². The Morgan fingerprint density at radius 1 is 1.23 bits per heavy atom. The topological polar surface area (TPSA) is 38.3 Å². The van der Waals surface area contributed by atoms with E-state index in [0.29, 0.717) is 6.61 Å². The molecule has 0 fully saturated rings. The number of aryl methyl sites for hydroxylation is 1. The summed E-state index contributed by atoms with van der Waals surface area (Å²) in [7, 11) is 0. The van der Waals surface area contributed by atoms with Gasteiger partial charge in [0.2, 0.25) is 0 Å². The van der Waals surface area contributed by atoms with Crippen molar-refractivity contribution in [2.24, 2.45) is 0 Å². The van der Waals surface area contributed by atoms with Crippen molar-refractivity contribution in [1.82, 2.24) is 5.32 Å². The highest BCUT2D eigenvalue weighted by Crippen LogP contribution is 2.31. The number of hydrogen-bond acceptors (Lipinski definition) is 2. The van der Waals surface area contributed by atoms with Crippen LogP contribution in [0.3, 0.4) is 0 Å². The molecule has 0 bridgehead atoms. The molecular formula is C18H18BrNO2. The first kappa shape index (κ1) is 15.1. The van der Waals surface area contributed by atoms with Crippen LogP contribution in [0.5, 0.6) is 0 Å². The van der Waals surface area contributed by atoms with Gasteiger partial charge in [0.05, 0.1) is 6.04 Å². The second-order valence-corrected chi connectivity index (χ2v) is 6.41. The number of carbonyl (C=O) groups is 1. The minimum absolute atomic E-state index is 0.0418. The normalized spacial score (nSPS) is 16.7. The zero-order valence-corrected chi connectivity index (χ0v) is 13.8. The predicted octanol–water partition coefficient (Wildman–Crippen LogP) is 4.75. The standard InChI is InChI=1S/C18H18BrNO2/c19-15-9-10-16-14(11-15)7-4-8-17(16)20-18(21)22-12-13-5-2-1-3-6-13/h1-3,5-6,9-11,17H,4,7-8,12H2,(H,20,21). The Morgan fingerprint density at radius 2 is 2.05 bits per heavy atom. The third kappa shape index (κ3) is 3.69. The number of hydrogen-bond donors (Lipinski definition) is 1. The largest absolute Gasteiger partial charge is 0.445 e. The average Bonchev–Trinajstić information content (AvgIpc) is 2.54. The van der Waals surface area contributed by atoms with Crippen molar-refractivity contribution >= 4 is 22.0 Å². The lowest BCUT2D eigenvalue weighted by Crippen LogP contribution is -2.31. The van der Waals surface area contributed by atoms with E-state index >= 15 is 0 Å². The summed E-state index contributed by atoms with van der Waals surface area (Å²) in [6.45, 7) is 0.298. The lowest BCUT2D eigenvalue weighted by molar-refractivity contribution is 0.134. The molecule has 1 atom stereocenters. The number of ether oxygens (including phenoxy) is 1. The third-order valence-electron chi connectivity index (χ3n) is 3.92. The van der Waals surface area contributed by atoms with E-state index in [1.165, 1.54) is 11.1 Å². The Morgan fingerprint density at radius 3 is 2.86 bits per heavy atom. The Balaban J connectivity index is 1.61. The van der Waals surface area contributed by atoms with Crippen LogP contribution in [-0.2, 0) is 17.8 Å². The zero-order valence-electron chi connectivity index (χ0n) is 12.2. The van der Waals surface area contributed by atoms with Gasteiger partial charge in [0.15, 0.2) is 0 Å². The molecule has 1 amide bonds. The quantitative estimate of drug-likeness (QED) is 0.858. The van der Waals surface area contributed by atoms with E-state index in [-0.39, 0.29) is 12.1 Å². The maximum Gasteiger partial charge on any atom is 0.407 e. The fourth-order valence-corrected chi connectivity index (χ4v) is 3.25. The third-order valence-corrected chi connectivity index (χ3v) is 4.42. The highest BCUT2D eigenvalue weighted by molar-refractivity contribution is 9.10. The van der Waals surface area contributed by atoms with Crippen molar-refractivity contribution in [3.05, 3.63) is 69.7 Å². The van der Waals surface area contributed by atoms with Gasteiger partial charge in [-0.3, -0.25) is 0 Å². The van der Waals surface area contributed by atoms with Gasteiger partial charge >= 0.3 is 6.09 Å². The van der Waals surface area contributed by atoms with Crippen molar-refractivity contribution in [2.45, 2.75) is 31.9 Å². The summed E-state index contributed by atoms with van der Waals surface area (Å²) in [6, 6.07) is 16.0. The molecule has 4 heteroatoms. The van der Waals surface area contributed by atoms with Crippen LogP contribution in [0.1, 0.15) is 35.6 Å². The molecule has 2 aromatic carbocycles. The number of nitrogens with one attached hydrogen (secondary N) is 1. The van der Waals surface area contributed by atoms with Crippen LogP contribution in [0.4, 0.5) is 4.79 Å². The number of carbonyl (C=O) groups excluding carboxylic acids is 1. The predicted molar refractivity (Wildman–Crippen MR) is 89.6 cm³/mol. The Hall–Kier alpha value is -1.81. The molecule has 22 heavy (non-hydrogen) atoms. The van der Waals surface area contributed by atoms with Gasteiger partial charge in [0, 0.05) is 4.47 Å². The summed E-state index contributed by atoms with van der Waals surface area (Å²) in [5.41, 5.74) is 3.49. The summed E-state index contributed by atoms with van der Waals surface area (Å²) in [5, 5.41) is 2.99. The maximum absolute atomic E-state index is 12.0. The van der Waals surface area contributed by atoms with E-state index in [0.717, 1.165) is 29.3 Å². The molecule has 114 valence electrons. The molecule has 2 aromatic rings. The van der Waals surface area contributed by atoms with E-state index in [2.05, 4.69) is 33.4 Å². The first-order valence-electron chi connectivity index (χ1n) is 7.48. The van der Waals surface area contributed by atoms with Crippen molar-refractivity contribution in [3.8, 4) is 0 Å². The lowest BCUT2D eigenvalue weighted by Gasteiger charge is -2.26. The summed E-state index contributed by atoms with van der Waals surface area (Å²) >= 11 is 3.50. The Labute approximate surface area is 138 Å². The van der Waals surface area contributed by atoms with E-state index in [1.807, 2.05) is 36.4 Å². The highest BCUT2D eigenvalue weighted by atomic mass is 79.9. The molecule has 3 nitrogen and oxygen atoms in total. The molecule has 1 aliphatic carbocycles. The van der Waals surface area contributed by atoms with Crippen LogP contribution in [0, 0.1) is 0 Å². The van der Waals surface area contributed by atoms with Crippen molar-refractivity contribution in [3.63, 3.8) is 0 Å². The van der Waals surface area contributed by atoms with Crippen LogP contribution in [0.15, 0.2) is 53.0 Å². The molecule has 0 saturated heterocycles. The van der Waals surface area contributed by atoms with Gasteiger partial charge in [-0.05, 0) is 48.1 Å². The van der Waals surface area contributed by atoms with Gasteiger partial charge in [-0.15, -0.1) is 0 Å². The number of alkyl carbamates (subject to hydrolysis) is 1. The number of rotatable bonds is 3. The van der Waals surface area contributed by atoms with Crippen LogP contribution in [-0.4, -0.2) is 6.09 Å². The minimum Gasteiger partial charge on any atom is -0.445 e. The number of halogens is 1. The molecule has 0 aromatic heterocycles. The minimum atomic E-state index is -0.357. The summed E-state index contributed by atoms with van der Waals surface area (Å²) in [4.78, 5) is 12.0. The zero-order chi connectivity index (χ0) is 15.4. The van der Waals surface area contributed by atoms with Crippen LogP contribution in [0.25, 0.3) is 0 Å². The van der Waals surface area contributed by atoms with Gasteiger partial charge in [-0.25, -0.2) is 4.79 Å². The number of amides is 1. The maximum atomic E-state index is 12.0. The van der Waals surface area contributed by atoms with E-state index < -0.39 is 0 Å². The molecule has 0 aliphatic heterocycles. The Bertz CT molecular complexity index is 657. The molecule has 3 rings (SSSR count). The molecular weight excluding hydrogens is 342 g/mol. The van der Waals surface area contributed by atoms with Gasteiger partial charge < -0.3 is 10.1 Å². The summed E-state index contributed by atoms with van der Waals surface area (Å²) in [6.07, 6.45) is 2.73. The first-order chi connectivity index (χ1) is 10.7. The van der Waals surface area contributed by atoms with Gasteiger partial charge in [-0.2, -0.15) is 0 Å². The van der Waals surface area contributed by atoms with E-state index in [4.69, 9.17) is 4.74 Å².